The zero-order valence-electron chi connectivity index (χ0n) is 10.8. The van der Waals surface area contributed by atoms with Crippen LogP contribution in [0.4, 0.5) is 0 Å². The zero-order chi connectivity index (χ0) is 13.5. The van der Waals surface area contributed by atoms with E-state index in [1.165, 1.54) is 0 Å². The fourth-order valence-corrected chi connectivity index (χ4v) is 4.38. The SMILES string of the molecule is Cc1ccc(S(=O)(=O)[C@H]2C[C@@H]2c2ccccc2)cc1. The van der Waals surface area contributed by atoms with Gasteiger partial charge < -0.3 is 0 Å². The summed E-state index contributed by atoms with van der Waals surface area (Å²) in [5.41, 5.74) is 2.21. The van der Waals surface area contributed by atoms with E-state index in [0.717, 1.165) is 17.5 Å². The topological polar surface area (TPSA) is 34.1 Å². The molecule has 1 fully saturated rings. The van der Waals surface area contributed by atoms with Crippen molar-refractivity contribution >= 4 is 9.84 Å². The third-order valence-electron chi connectivity index (χ3n) is 3.71. The van der Waals surface area contributed by atoms with Crippen LogP contribution in [0.1, 0.15) is 23.5 Å². The molecule has 0 bridgehead atoms. The Kier molecular flexibility index (Phi) is 2.94. The van der Waals surface area contributed by atoms with Crippen molar-refractivity contribution in [2.45, 2.75) is 29.4 Å². The minimum atomic E-state index is -3.18. The van der Waals surface area contributed by atoms with Crippen LogP contribution in [0.15, 0.2) is 59.5 Å². The maximum Gasteiger partial charge on any atom is 0.181 e. The quantitative estimate of drug-likeness (QED) is 0.859. The van der Waals surface area contributed by atoms with Gasteiger partial charge in [0.15, 0.2) is 9.84 Å². The lowest BCUT2D eigenvalue weighted by atomic mass is 10.1. The van der Waals surface area contributed by atoms with Gasteiger partial charge in [0.2, 0.25) is 0 Å². The summed E-state index contributed by atoms with van der Waals surface area (Å²) < 4.78 is 25.0. The Balaban J connectivity index is 1.86. The highest BCUT2D eigenvalue weighted by Gasteiger charge is 2.48. The second kappa shape index (κ2) is 4.49. The molecule has 19 heavy (non-hydrogen) atoms. The Bertz CT molecular complexity index is 672. The van der Waals surface area contributed by atoms with Gasteiger partial charge in [0, 0.05) is 5.92 Å². The number of hydrogen-bond donors (Lipinski definition) is 0. The standard InChI is InChI=1S/C16H16O2S/c1-12-7-9-14(10-8-12)19(17,18)16-11-15(16)13-5-3-2-4-6-13/h2-10,15-16H,11H2,1H3/t15-,16+/m1/s1. The van der Waals surface area contributed by atoms with E-state index in [4.69, 9.17) is 0 Å². The molecule has 0 aromatic heterocycles. The zero-order valence-corrected chi connectivity index (χ0v) is 11.6. The lowest BCUT2D eigenvalue weighted by Crippen LogP contribution is -2.09. The van der Waals surface area contributed by atoms with Crippen molar-refractivity contribution in [3.63, 3.8) is 0 Å². The molecule has 3 rings (SSSR count). The minimum absolute atomic E-state index is 0.160. The van der Waals surface area contributed by atoms with E-state index in [2.05, 4.69) is 0 Å². The average Bonchev–Trinajstić information content (AvgIpc) is 3.21. The van der Waals surface area contributed by atoms with Crippen LogP contribution >= 0.6 is 0 Å². The van der Waals surface area contributed by atoms with Crippen LogP contribution in [0, 0.1) is 6.92 Å². The van der Waals surface area contributed by atoms with E-state index in [1.807, 2.05) is 49.4 Å². The number of rotatable bonds is 3. The molecule has 0 aliphatic heterocycles. The Morgan fingerprint density at radius 2 is 1.58 bits per heavy atom. The molecule has 0 N–H and O–H groups in total. The first-order valence-corrected chi connectivity index (χ1v) is 7.99. The first kappa shape index (κ1) is 12.4. The first-order chi connectivity index (χ1) is 9.09. The molecule has 0 spiro atoms. The van der Waals surface area contributed by atoms with E-state index < -0.39 is 9.84 Å². The fraction of sp³-hybridized carbons (Fsp3) is 0.250. The highest BCUT2D eigenvalue weighted by molar-refractivity contribution is 7.92. The molecule has 0 radical (unpaired) electrons. The van der Waals surface area contributed by atoms with Gasteiger partial charge >= 0.3 is 0 Å². The van der Waals surface area contributed by atoms with Crippen molar-refractivity contribution in [3.05, 3.63) is 65.7 Å². The Morgan fingerprint density at radius 1 is 0.947 bits per heavy atom. The van der Waals surface area contributed by atoms with Gasteiger partial charge in [-0.25, -0.2) is 8.42 Å². The van der Waals surface area contributed by atoms with E-state index >= 15 is 0 Å². The number of benzene rings is 2. The summed E-state index contributed by atoms with van der Waals surface area (Å²) in [7, 11) is -3.18. The van der Waals surface area contributed by atoms with Gasteiger partial charge in [-0.05, 0) is 31.0 Å². The summed E-state index contributed by atoms with van der Waals surface area (Å²) in [5.74, 6) is 0.160. The molecular formula is C16H16O2S. The summed E-state index contributed by atoms with van der Waals surface area (Å²) in [6, 6.07) is 17.0. The first-order valence-electron chi connectivity index (χ1n) is 6.44. The number of hydrogen-bond acceptors (Lipinski definition) is 2. The molecule has 0 heterocycles. The normalized spacial score (nSPS) is 22.2. The monoisotopic (exact) mass is 272 g/mol. The summed E-state index contributed by atoms with van der Waals surface area (Å²) >= 11 is 0. The molecule has 0 saturated heterocycles. The van der Waals surface area contributed by atoms with Gasteiger partial charge in [-0.15, -0.1) is 0 Å². The molecule has 2 nitrogen and oxygen atoms in total. The van der Waals surface area contributed by atoms with Crippen LogP contribution in [0.3, 0.4) is 0 Å². The smallest absolute Gasteiger partial charge is 0.181 e. The largest absolute Gasteiger partial charge is 0.223 e. The van der Waals surface area contributed by atoms with Gasteiger partial charge in [0.1, 0.15) is 0 Å². The van der Waals surface area contributed by atoms with E-state index in [9.17, 15) is 8.42 Å². The van der Waals surface area contributed by atoms with Crippen LogP contribution in [0.2, 0.25) is 0 Å². The van der Waals surface area contributed by atoms with E-state index in [0.29, 0.717) is 4.90 Å². The molecule has 1 aliphatic carbocycles. The predicted octanol–water partition coefficient (Wildman–Crippen LogP) is 3.32. The maximum atomic E-state index is 12.5. The molecule has 1 aliphatic rings. The van der Waals surface area contributed by atoms with Crippen molar-refractivity contribution in [1.29, 1.82) is 0 Å². The number of aryl methyl sites for hydroxylation is 1. The molecule has 3 heteroatoms. The molecule has 98 valence electrons. The van der Waals surface area contributed by atoms with Gasteiger partial charge in [0.05, 0.1) is 10.1 Å². The summed E-state index contributed by atoms with van der Waals surface area (Å²) in [6.07, 6.45) is 0.736. The lowest BCUT2D eigenvalue weighted by molar-refractivity contribution is 0.594. The average molecular weight is 272 g/mol. The second-order valence-electron chi connectivity index (χ2n) is 5.15. The maximum absolute atomic E-state index is 12.5. The van der Waals surface area contributed by atoms with Crippen molar-refractivity contribution in [2.75, 3.05) is 0 Å². The summed E-state index contributed by atoms with van der Waals surface area (Å²) in [5, 5.41) is -0.252. The molecule has 0 amide bonds. The summed E-state index contributed by atoms with van der Waals surface area (Å²) in [6.45, 7) is 1.96. The molecular weight excluding hydrogens is 256 g/mol. The molecule has 0 unspecified atom stereocenters. The highest BCUT2D eigenvalue weighted by Crippen LogP contribution is 2.47. The fourth-order valence-electron chi connectivity index (χ4n) is 2.47. The Labute approximate surface area is 114 Å². The van der Waals surface area contributed by atoms with E-state index in [1.54, 1.807) is 12.1 Å². The summed E-state index contributed by atoms with van der Waals surface area (Å²) in [4.78, 5) is 0.446. The van der Waals surface area contributed by atoms with Gasteiger partial charge in [0.25, 0.3) is 0 Å². The van der Waals surface area contributed by atoms with Crippen molar-refractivity contribution in [3.8, 4) is 0 Å². The highest BCUT2D eigenvalue weighted by atomic mass is 32.2. The van der Waals surface area contributed by atoms with Crippen LogP contribution in [0.5, 0.6) is 0 Å². The third-order valence-corrected chi connectivity index (χ3v) is 5.96. The van der Waals surface area contributed by atoms with Crippen molar-refractivity contribution in [1.82, 2.24) is 0 Å². The van der Waals surface area contributed by atoms with Crippen LogP contribution in [-0.2, 0) is 9.84 Å². The van der Waals surface area contributed by atoms with Crippen LogP contribution in [0.25, 0.3) is 0 Å². The second-order valence-corrected chi connectivity index (χ2v) is 7.32. The van der Waals surface area contributed by atoms with Gasteiger partial charge in [-0.2, -0.15) is 0 Å². The van der Waals surface area contributed by atoms with Crippen LogP contribution < -0.4 is 0 Å². The van der Waals surface area contributed by atoms with Gasteiger partial charge in [-0.1, -0.05) is 48.0 Å². The third kappa shape index (κ3) is 2.30. The van der Waals surface area contributed by atoms with Crippen molar-refractivity contribution < 1.29 is 8.42 Å². The van der Waals surface area contributed by atoms with Crippen LogP contribution in [-0.4, -0.2) is 13.7 Å². The predicted molar refractivity (Wildman–Crippen MR) is 76.0 cm³/mol. The van der Waals surface area contributed by atoms with E-state index in [-0.39, 0.29) is 11.2 Å². The Morgan fingerprint density at radius 3 is 2.21 bits per heavy atom. The molecule has 2 aromatic carbocycles. The lowest BCUT2D eigenvalue weighted by Gasteiger charge is -2.04. The molecule has 1 saturated carbocycles. The molecule has 2 aromatic rings. The Hall–Kier alpha value is -1.61. The van der Waals surface area contributed by atoms with Gasteiger partial charge in [-0.3, -0.25) is 0 Å². The number of sulfone groups is 1. The minimum Gasteiger partial charge on any atom is -0.223 e. The molecule has 2 atom stereocenters. The van der Waals surface area contributed by atoms with Crippen molar-refractivity contribution in [2.24, 2.45) is 0 Å².